The summed E-state index contributed by atoms with van der Waals surface area (Å²) in [6, 6.07) is 0. The van der Waals surface area contributed by atoms with Gasteiger partial charge in [-0.1, -0.05) is 0 Å². The molecule has 0 aromatic rings. The van der Waals surface area contributed by atoms with Crippen LogP contribution in [-0.2, 0) is 35.8 Å². The van der Waals surface area contributed by atoms with Crippen molar-refractivity contribution >= 4 is 10.4 Å². The topological polar surface area (TPSA) is 126 Å². The van der Waals surface area contributed by atoms with Gasteiger partial charge in [-0.3, -0.25) is 9.11 Å². The summed E-state index contributed by atoms with van der Waals surface area (Å²) >= 11 is -3.79. The Balaban J connectivity index is 0. The fourth-order valence-corrected chi connectivity index (χ4v) is 0. The van der Waals surface area contributed by atoms with E-state index < -0.39 is 24.4 Å². The van der Waals surface area contributed by atoms with Crippen molar-refractivity contribution in [3.8, 4) is 0 Å². The maximum atomic E-state index is 8.74. The molecule has 0 saturated carbocycles. The fraction of sp³-hybridized carbons (Fsp3) is 0. The standard InChI is InChI=1S/Cr.H2O4S.3O/c;1-5(2,3)4;;;/h;(H2,1,2,3,4);;;. The van der Waals surface area contributed by atoms with E-state index in [0.717, 1.165) is 0 Å². The molecule has 0 aliphatic heterocycles. The first-order valence-electron chi connectivity index (χ1n) is 1.20. The molecule has 0 bridgehead atoms. The number of rotatable bonds is 0. The van der Waals surface area contributed by atoms with Gasteiger partial charge in [-0.25, -0.2) is 0 Å². The fourth-order valence-electron chi connectivity index (χ4n) is 0. The summed E-state index contributed by atoms with van der Waals surface area (Å²) in [6.07, 6.45) is 0. The summed E-state index contributed by atoms with van der Waals surface area (Å²) in [5, 5.41) is 0. The Kier molecular flexibility index (Phi) is 6.00. The molecule has 0 aliphatic rings. The van der Waals surface area contributed by atoms with E-state index in [0.29, 0.717) is 0 Å². The van der Waals surface area contributed by atoms with Crippen molar-refractivity contribution in [2.75, 3.05) is 0 Å². The summed E-state index contributed by atoms with van der Waals surface area (Å²) < 4.78 is 57.2. The van der Waals surface area contributed by atoms with Crippen LogP contribution in [0.5, 0.6) is 0 Å². The van der Waals surface area contributed by atoms with E-state index in [4.69, 9.17) is 28.9 Å². The van der Waals surface area contributed by atoms with Gasteiger partial charge >= 0.3 is 35.8 Å². The summed E-state index contributed by atoms with van der Waals surface area (Å²) in [6.45, 7) is 0. The molecule has 2 N–H and O–H groups in total. The van der Waals surface area contributed by atoms with E-state index >= 15 is 0 Å². The molecule has 0 aromatic heterocycles. The quantitative estimate of drug-likeness (QED) is 0.477. The van der Waals surface area contributed by atoms with E-state index in [9.17, 15) is 0 Å². The van der Waals surface area contributed by atoms with Crippen molar-refractivity contribution in [3.63, 3.8) is 0 Å². The molecule has 0 atom stereocenters. The third-order valence-electron chi connectivity index (χ3n) is 0. The van der Waals surface area contributed by atoms with Crippen LogP contribution in [0.1, 0.15) is 0 Å². The van der Waals surface area contributed by atoms with Crippen molar-refractivity contribution in [1.82, 2.24) is 0 Å². The first kappa shape index (κ1) is 11.6. The second-order valence-corrected chi connectivity index (χ2v) is 2.19. The molecule has 0 rings (SSSR count). The van der Waals surface area contributed by atoms with E-state index in [-0.39, 0.29) is 0 Å². The summed E-state index contributed by atoms with van der Waals surface area (Å²) in [7, 11) is -4.67. The minimum atomic E-state index is -4.67. The maximum absolute atomic E-state index is 8.74. The Morgan fingerprint density at radius 3 is 1.00 bits per heavy atom. The van der Waals surface area contributed by atoms with Crippen molar-refractivity contribution < 1.29 is 42.9 Å². The predicted molar refractivity (Wildman–Crippen MR) is 16.2 cm³/mol. The average molecular weight is 198 g/mol. The second-order valence-electron chi connectivity index (χ2n) is 0.652. The van der Waals surface area contributed by atoms with Gasteiger partial charge in [0.1, 0.15) is 0 Å². The summed E-state index contributed by atoms with van der Waals surface area (Å²) in [5.41, 5.74) is 0. The molecule has 9 heavy (non-hydrogen) atoms. The first-order chi connectivity index (χ1) is 3.73. The van der Waals surface area contributed by atoms with Crippen LogP contribution in [0.4, 0.5) is 0 Å². The van der Waals surface area contributed by atoms with Gasteiger partial charge in [-0.2, -0.15) is 8.42 Å². The summed E-state index contributed by atoms with van der Waals surface area (Å²) in [5.74, 6) is 0. The third-order valence-corrected chi connectivity index (χ3v) is 0. The van der Waals surface area contributed by atoms with Crippen LogP contribution in [0, 0.1) is 0 Å². The number of hydrogen-bond acceptors (Lipinski definition) is 5. The molecule has 9 heteroatoms. The molecule has 0 aromatic carbocycles. The van der Waals surface area contributed by atoms with Crippen LogP contribution in [0.25, 0.3) is 0 Å². The van der Waals surface area contributed by atoms with Gasteiger partial charge in [0, 0.05) is 0 Å². The van der Waals surface area contributed by atoms with Gasteiger partial charge in [-0.15, -0.1) is 0 Å². The Hall–Kier alpha value is -0.198. The van der Waals surface area contributed by atoms with Crippen molar-refractivity contribution in [1.29, 1.82) is 0 Å². The molecule has 0 spiro atoms. The van der Waals surface area contributed by atoms with Gasteiger partial charge < -0.3 is 0 Å². The molecule has 0 saturated heterocycles. The van der Waals surface area contributed by atoms with Crippen LogP contribution >= 0.6 is 0 Å². The molecule has 0 aliphatic carbocycles. The van der Waals surface area contributed by atoms with Crippen LogP contribution in [0.2, 0.25) is 0 Å². The van der Waals surface area contributed by atoms with E-state index in [1.54, 1.807) is 0 Å². The summed E-state index contributed by atoms with van der Waals surface area (Å²) in [4.78, 5) is 0. The zero-order chi connectivity index (χ0) is 8.08. The van der Waals surface area contributed by atoms with Gasteiger partial charge in [0.2, 0.25) is 0 Å². The predicted octanol–water partition coefficient (Wildman–Crippen LogP) is -1.01. The van der Waals surface area contributed by atoms with Gasteiger partial charge in [-0.05, 0) is 0 Å². The van der Waals surface area contributed by atoms with Crippen LogP contribution in [0.15, 0.2) is 0 Å². The monoisotopic (exact) mass is 198 g/mol. The molecule has 0 fully saturated rings. The molecule has 0 amide bonds. The Bertz CT molecular complexity index is 222. The van der Waals surface area contributed by atoms with Crippen molar-refractivity contribution in [3.05, 3.63) is 0 Å². The Morgan fingerprint density at radius 2 is 1.00 bits per heavy atom. The molecular formula is H2CrO7S. The average Bonchev–Trinajstić information content (AvgIpc) is 1.19. The van der Waals surface area contributed by atoms with Gasteiger partial charge in [0.15, 0.2) is 0 Å². The van der Waals surface area contributed by atoms with Gasteiger partial charge in [0.05, 0.1) is 0 Å². The van der Waals surface area contributed by atoms with Crippen molar-refractivity contribution in [2.24, 2.45) is 0 Å². The molecule has 56 valence electrons. The molecular weight excluding hydrogens is 196 g/mol. The van der Waals surface area contributed by atoms with Crippen molar-refractivity contribution in [2.45, 2.75) is 0 Å². The molecule has 0 unspecified atom stereocenters. The zero-order valence-corrected chi connectivity index (χ0v) is 5.84. The van der Waals surface area contributed by atoms with Crippen LogP contribution in [0.3, 0.4) is 0 Å². The molecule has 0 radical (unpaired) electrons. The Morgan fingerprint density at radius 1 is 1.00 bits per heavy atom. The van der Waals surface area contributed by atoms with E-state index in [1.165, 1.54) is 0 Å². The molecule has 7 nitrogen and oxygen atoms in total. The normalized spacial score (nSPS) is 9.11. The second kappa shape index (κ2) is 4.66. The minimum absolute atomic E-state index is 3.79. The van der Waals surface area contributed by atoms with E-state index in [2.05, 4.69) is 0 Å². The van der Waals surface area contributed by atoms with Gasteiger partial charge in [0.25, 0.3) is 0 Å². The van der Waals surface area contributed by atoms with E-state index in [1.807, 2.05) is 0 Å². The molecule has 0 heterocycles. The Labute approximate surface area is 53.9 Å². The first-order valence-corrected chi connectivity index (χ1v) is 4.16. The zero-order valence-electron chi connectivity index (χ0n) is 3.75. The SMILES string of the molecule is O=S(=O)(O)O.[O]=[Cr](=[O])=[O]. The third kappa shape index (κ3) is 6730. The van der Waals surface area contributed by atoms with Crippen LogP contribution < -0.4 is 0 Å². The number of hydrogen-bond donors (Lipinski definition) is 2. The van der Waals surface area contributed by atoms with Crippen LogP contribution in [-0.4, -0.2) is 17.5 Å².